The van der Waals surface area contributed by atoms with Gasteiger partial charge in [0.15, 0.2) is 0 Å². The van der Waals surface area contributed by atoms with Crippen molar-refractivity contribution in [2.75, 3.05) is 26.4 Å². The van der Waals surface area contributed by atoms with Crippen LogP contribution in [0.1, 0.15) is 103 Å². The summed E-state index contributed by atoms with van der Waals surface area (Å²) in [5.74, 6) is -0.384. The standard InChI is InChI=1S/C24H48NO8P/c1-2-3-4-5-6-7-8-9-10-11-12-13-14-15-16-31-24(28)23-17-22(18-25-23)33-34(29,30)32-20-21(27)19-26/h21-23,25-27H,2-20H2,1H3,(H,29,30)/t21-,22-,23+/m1/s1. The first-order valence-electron chi connectivity index (χ1n) is 13.2. The fraction of sp³-hybridized carbons (Fsp3) is 0.958. The Balaban J connectivity index is 1.96. The van der Waals surface area contributed by atoms with Gasteiger partial charge in [0.1, 0.15) is 12.1 Å². The average Bonchev–Trinajstić information content (AvgIpc) is 3.27. The van der Waals surface area contributed by atoms with E-state index in [2.05, 4.69) is 16.8 Å². The molecule has 1 aliphatic heterocycles. The van der Waals surface area contributed by atoms with Crippen molar-refractivity contribution >= 4 is 13.8 Å². The van der Waals surface area contributed by atoms with E-state index in [1.807, 2.05) is 0 Å². The van der Waals surface area contributed by atoms with Crippen LogP contribution in [-0.2, 0) is 23.1 Å². The number of nitrogens with one attached hydrogen (secondary N) is 1. The molecule has 10 heteroatoms. The van der Waals surface area contributed by atoms with Gasteiger partial charge in [-0.3, -0.25) is 13.8 Å². The van der Waals surface area contributed by atoms with Crippen LogP contribution in [0.25, 0.3) is 0 Å². The molecule has 0 saturated carbocycles. The highest BCUT2D eigenvalue weighted by Gasteiger charge is 2.36. The first-order valence-corrected chi connectivity index (χ1v) is 14.7. The number of phosphoric acid groups is 1. The lowest BCUT2D eigenvalue weighted by molar-refractivity contribution is -0.146. The molecule has 4 N–H and O–H groups in total. The molecule has 9 nitrogen and oxygen atoms in total. The summed E-state index contributed by atoms with van der Waals surface area (Å²) in [7, 11) is -4.38. The smallest absolute Gasteiger partial charge is 0.465 e. The van der Waals surface area contributed by atoms with Gasteiger partial charge in [0.2, 0.25) is 0 Å². The molecular weight excluding hydrogens is 461 g/mol. The molecule has 0 bridgehead atoms. The largest absolute Gasteiger partial charge is 0.472 e. The zero-order valence-electron chi connectivity index (χ0n) is 21.0. The zero-order chi connectivity index (χ0) is 25.1. The normalized spacial score (nSPS) is 20.8. The fourth-order valence-corrected chi connectivity index (χ4v) is 4.94. The number of hydrogen-bond donors (Lipinski definition) is 4. The minimum absolute atomic E-state index is 0.202. The van der Waals surface area contributed by atoms with Crippen LogP contribution in [0.4, 0.5) is 0 Å². The molecule has 0 aromatic heterocycles. The first-order chi connectivity index (χ1) is 16.4. The summed E-state index contributed by atoms with van der Waals surface area (Å²) in [6.45, 7) is 1.74. The summed E-state index contributed by atoms with van der Waals surface area (Å²) in [5, 5.41) is 20.8. The number of ether oxygens (including phenoxy) is 1. The third-order valence-corrected chi connectivity index (χ3v) is 7.08. The Kier molecular flexibility index (Phi) is 18.2. The molecule has 0 aromatic rings. The van der Waals surface area contributed by atoms with E-state index < -0.39 is 39.3 Å². The number of carbonyl (C=O) groups excluding carboxylic acids is 1. The van der Waals surface area contributed by atoms with Gasteiger partial charge in [-0.2, -0.15) is 0 Å². The van der Waals surface area contributed by atoms with Crippen molar-refractivity contribution in [1.29, 1.82) is 0 Å². The maximum atomic E-state index is 12.2. The lowest BCUT2D eigenvalue weighted by Gasteiger charge is -2.17. The van der Waals surface area contributed by atoms with Crippen LogP contribution in [0.2, 0.25) is 0 Å². The molecule has 4 atom stereocenters. The number of hydrogen-bond acceptors (Lipinski definition) is 8. The Morgan fingerprint density at radius 2 is 1.50 bits per heavy atom. The second-order valence-corrected chi connectivity index (χ2v) is 10.7. The maximum Gasteiger partial charge on any atom is 0.472 e. The summed E-state index contributed by atoms with van der Waals surface area (Å²) >= 11 is 0. The van der Waals surface area contributed by atoms with Gasteiger partial charge < -0.3 is 25.2 Å². The lowest BCUT2D eigenvalue weighted by atomic mass is 10.0. The van der Waals surface area contributed by atoms with Crippen molar-refractivity contribution in [3.05, 3.63) is 0 Å². The maximum absolute atomic E-state index is 12.2. The van der Waals surface area contributed by atoms with E-state index in [1.165, 1.54) is 70.6 Å². The Morgan fingerprint density at radius 1 is 0.971 bits per heavy atom. The Morgan fingerprint density at radius 3 is 2.03 bits per heavy atom. The highest BCUT2D eigenvalue weighted by molar-refractivity contribution is 7.47. The fourth-order valence-electron chi connectivity index (χ4n) is 3.98. The first kappa shape index (κ1) is 31.5. The molecule has 0 spiro atoms. The molecule has 0 aliphatic carbocycles. The minimum atomic E-state index is -4.38. The topological polar surface area (TPSA) is 135 Å². The van der Waals surface area contributed by atoms with Gasteiger partial charge in [-0.15, -0.1) is 0 Å². The van der Waals surface area contributed by atoms with Gasteiger partial charge >= 0.3 is 13.8 Å². The summed E-state index contributed by atoms with van der Waals surface area (Å²) in [6.07, 6.45) is 16.0. The van der Waals surface area contributed by atoms with E-state index in [1.54, 1.807) is 0 Å². The molecule has 1 unspecified atom stereocenters. The number of esters is 1. The van der Waals surface area contributed by atoms with Crippen molar-refractivity contribution in [2.45, 2.75) is 121 Å². The van der Waals surface area contributed by atoms with E-state index >= 15 is 0 Å². The number of rotatable bonds is 22. The molecule has 0 aromatic carbocycles. The molecule has 202 valence electrons. The predicted octanol–water partition coefficient (Wildman–Crippen LogP) is 4.23. The van der Waals surface area contributed by atoms with Crippen LogP contribution < -0.4 is 5.32 Å². The van der Waals surface area contributed by atoms with Crippen LogP contribution in [0.15, 0.2) is 0 Å². The molecule has 1 heterocycles. The SMILES string of the molecule is CCCCCCCCCCCCCCCCOC(=O)[C@@H]1C[C@@H](OP(=O)(O)OC[C@H](O)CO)CN1. The summed E-state index contributed by atoms with van der Waals surface area (Å²) < 4.78 is 26.9. The highest BCUT2D eigenvalue weighted by Crippen LogP contribution is 2.45. The summed E-state index contributed by atoms with van der Waals surface area (Å²) in [5.41, 5.74) is 0. The van der Waals surface area contributed by atoms with Gasteiger partial charge in [0.05, 0.1) is 25.9 Å². The van der Waals surface area contributed by atoms with Crippen molar-refractivity contribution < 1.29 is 38.3 Å². The van der Waals surface area contributed by atoms with E-state index in [9.17, 15) is 19.4 Å². The van der Waals surface area contributed by atoms with Gasteiger partial charge in [0.25, 0.3) is 0 Å². The van der Waals surface area contributed by atoms with Crippen molar-refractivity contribution in [3.8, 4) is 0 Å². The van der Waals surface area contributed by atoms with Crippen LogP contribution in [0.3, 0.4) is 0 Å². The van der Waals surface area contributed by atoms with Crippen molar-refractivity contribution in [1.82, 2.24) is 5.32 Å². The third kappa shape index (κ3) is 16.2. The molecule has 1 saturated heterocycles. The molecule has 0 amide bonds. The Bertz CT molecular complexity index is 565. The van der Waals surface area contributed by atoms with Crippen LogP contribution >= 0.6 is 7.82 Å². The zero-order valence-corrected chi connectivity index (χ0v) is 21.9. The number of carbonyl (C=O) groups is 1. The number of aliphatic hydroxyl groups is 2. The molecule has 0 radical (unpaired) electrons. The van der Waals surface area contributed by atoms with E-state index in [0.29, 0.717) is 6.61 Å². The quantitative estimate of drug-likeness (QED) is 0.0960. The second kappa shape index (κ2) is 19.6. The molecule has 1 rings (SSSR count). The van der Waals surface area contributed by atoms with E-state index in [-0.39, 0.29) is 18.9 Å². The lowest BCUT2D eigenvalue weighted by Crippen LogP contribution is -2.32. The van der Waals surface area contributed by atoms with Gasteiger partial charge in [-0.25, -0.2) is 4.57 Å². The monoisotopic (exact) mass is 509 g/mol. The molecule has 1 fully saturated rings. The van der Waals surface area contributed by atoms with Gasteiger partial charge in [0, 0.05) is 13.0 Å². The molecular formula is C24H48NO8P. The molecule has 1 aliphatic rings. The van der Waals surface area contributed by atoms with E-state index in [4.69, 9.17) is 14.4 Å². The number of unbranched alkanes of at least 4 members (excludes halogenated alkanes) is 13. The Labute approximate surface area is 205 Å². The van der Waals surface area contributed by atoms with Crippen molar-refractivity contribution in [2.24, 2.45) is 0 Å². The summed E-state index contributed by atoms with van der Waals surface area (Å²) in [4.78, 5) is 21.9. The van der Waals surface area contributed by atoms with E-state index in [0.717, 1.165) is 19.3 Å². The predicted molar refractivity (Wildman–Crippen MR) is 131 cm³/mol. The Hall–Kier alpha value is -0.540. The minimum Gasteiger partial charge on any atom is -0.465 e. The summed E-state index contributed by atoms with van der Waals surface area (Å²) in [6, 6.07) is -0.584. The number of aliphatic hydroxyl groups excluding tert-OH is 2. The molecule has 34 heavy (non-hydrogen) atoms. The number of phosphoric ester groups is 1. The van der Waals surface area contributed by atoms with Gasteiger partial charge in [-0.05, 0) is 6.42 Å². The highest BCUT2D eigenvalue weighted by atomic mass is 31.2. The van der Waals surface area contributed by atoms with Crippen LogP contribution in [0, 0.1) is 0 Å². The average molecular weight is 510 g/mol. The van der Waals surface area contributed by atoms with Gasteiger partial charge in [-0.1, -0.05) is 90.4 Å². The third-order valence-electron chi connectivity index (χ3n) is 6.04. The van der Waals surface area contributed by atoms with Crippen LogP contribution in [0.5, 0.6) is 0 Å². The van der Waals surface area contributed by atoms with Crippen LogP contribution in [-0.4, -0.2) is 65.7 Å². The second-order valence-electron chi connectivity index (χ2n) is 9.29. The van der Waals surface area contributed by atoms with Crippen molar-refractivity contribution in [3.63, 3.8) is 0 Å².